The molecule has 0 aliphatic carbocycles. The molecule has 3 rings (SSSR count). The number of nitrogens with one attached hydrogen (secondary N) is 1. The van der Waals surface area contributed by atoms with Crippen molar-refractivity contribution in [2.45, 2.75) is 12.5 Å². The van der Waals surface area contributed by atoms with Gasteiger partial charge in [-0.25, -0.2) is 4.39 Å². The van der Waals surface area contributed by atoms with Gasteiger partial charge in [0.05, 0.1) is 4.47 Å². The fourth-order valence-electron chi connectivity index (χ4n) is 2.20. The van der Waals surface area contributed by atoms with Gasteiger partial charge in [-0.05, 0) is 64.6 Å². The minimum atomic E-state index is -0.216. The summed E-state index contributed by atoms with van der Waals surface area (Å²) in [5.74, 6) is -0.216. The molecule has 0 saturated carbocycles. The summed E-state index contributed by atoms with van der Waals surface area (Å²) in [6.07, 6.45) is 0.850. The molecule has 5 heteroatoms. The van der Waals surface area contributed by atoms with Crippen LogP contribution < -0.4 is 5.32 Å². The van der Waals surface area contributed by atoms with Crippen LogP contribution in [0.25, 0.3) is 9.40 Å². The number of hydrogen-bond donors (Lipinski definition) is 1. The van der Waals surface area contributed by atoms with Crippen LogP contribution in [-0.2, 0) is 6.42 Å². The van der Waals surface area contributed by atoms with Gasteiger partial charge in [0, 0.05) is 20.3 Å². The third-order valence-corrected chi connectivity index (χ3v) is 6.09. The number of rotatable bonds is 4. The maximum absolute atomic E-state index is 13.3. The molecule has 1 nitrogen and oxygen atoms in total. The molecule has 0 fully saturated rings. The van der Waals surface area contributed by atoms with Crippen LogP contribution in [0.5, 0.6) is 0 Å². The molecule has 104 valence electrons. The third-order valence-electron chi connectivity index (χ3n) is 3.27. The van der Waals surface area contributed by atoms with Crippen molar-refractivity contribution in [3.63, 3.8) is 0 Å². The quantitative estimate of drug-likeness (QED) is 0.651. The molecule has 3 aromatic rings. The topological polar surface area (TPSA) is 12.0 Å². The molecular weight excluding hydrogens is 357 g/mol. The smallest absolute Gasteiger partial charge is 0.137 e. The lowest BCUT2D eigenvalue weighted by Gasteiger charge is -2.14. The molecule has 0 bridgehead atoms. The van der Waals surface area contributed by atoms with Gasteiger partial charge in [-0.15, -0.1) is 22.7 Å². The molecule has 0 radical (unpaired) electrons. The van der Waals surface area contributed by atoms with Crippen molar-refractivity contribution in [2.24, 2.45) is 0 Å². The van der Waals surface area contributed by atoms with E-state index in [2.05, 4.69) is 38.8 Å². The summed E-state index contributed by atoms with van der Waals surface area (Å²) >= 11 is 6.84. The van der Waals surface area contributed by atoms with Crippen LogP contribution in [0.2, 0.25) is 0 Å². The van der Waals surface area contributed by atoms with Crippen LogP contribution in [0, 0.1) is 5.82 Å². The first-order chi connectivity index (χ1) is 9.67. The zero-order valence-electron chi connectivity index (χ0n) is 10.8. The second kappa shape index (κ2) is 5.93. The molecule has 2 aromatic heterocycles. The van der Waals surface area contributed by atoms with Crippen molar-refractivity contribution in [1.82, 2.24) is 5.32 Å². The Morgan fingerprint density at radius 2 is 2.10 bits per heavy atom. The standard InChI is InChI=1S/C15H13BrFNS2/c1-18-12(7-9-2-3-11(17)10(16)6-9)14-8-15-13(20-14)4-5-19-15/h2-6,8,12,18H,7H2,1H3. The number of fused-ring (bicyclic) bond motifs is 1. The van der Waals surface area contributed by atoms with Crippen LogP contribution in [0.4, 0.5) is 4.39 Å². The van der Waals surface area contributed by atoms with E-state index in [1.807, 2.05) is 30.5 Å². The van der Waals surface area contributed by atoms with Crippen molar-refractivity contribution in [3.05, 3.63) is 56.4 Å². The van der Waals surface area contributed by atoms with Gasteiger partial charge >= 0.3 is 0 Å². The molecule has 1 atom stereocenters. The van der Waals surface area contributed by atoms with E-state index in [0.29, 0.717) is 4.47 Å². The molecule has 0 aliphatic heterocycles. The van der Waals surface area contributed by atoms with E-state index in [-0.39, 0.29) is 11.9 Å². The second-order valence-corrected chi connectivity index (χ2v) is 7.51. The maximum atomic E-state index is 13.3. The molecule has 0 aliphatic rings. The predicted octanol–water partition coefficient (Wildman–Crippen LogP) is 5.37. The van der Waals surface area contributed by atoms with Gasteiger partial charge in [-0.3, -0.25) is 0 Å². The van der Waals surface area contributed by atoms with Crippen molar-refractivity contribution < 1.29 is 4.39 Å². The maximum Gasteiger partial charge on any atom is 0.137 e. The van der Waals surface area contributed by atoms with Gasteiger partial charge in [0.2, 0.25) is 0 Å². The SMILES string of the molecule is CNC(Cc1ccc(F)c(Br)c1)c1cc2sccc2s1. The van der Waals surface area contributed by atoms with Gasteiger partial charge in [-0.2, -0.15) is 0 Å². The molecule has 0 spiro atoms. The van der Waals surface area contributed by atoms with E-state index in [4.69, 9.17) is 0 Å². The molecule has 1 unspecified atom stereocenters. The Bertz CT molecular complexity index is 706. The van der Waals surface area contributed by atoms with Crippen LogP contribution in [0.15, 0.2) is 40.2 Å². The lowest BCUT2D eigenvalue weighted by Crippen LogP contribution is -2.17. The number of thiophene rings is 2. The van der Waals surface area contributed by atoms with Gasteiger partial charge in [-0.1, -0.05) is 6.07 Å². The minimum Gasteiger partial charge on any atom is -0.312 e. The lowest BCUT2D eigenvalue weighted by atomic mass is 10.0. The lowest BCUT2D eigenvalue weighted by molar-refractivity contribution is 0.596. The monoisotopic (exact) mass is 369 g/mol. The highest BCUT2D eigenvalue weighted by Crippen LogP contribution is 2.34. The van der Waals surface area contributed by atoms with Crippen molar-refractivity contribution >= 4 is 48.0 Å². The van der Waals surface area contributed by atoms with Crippen molar-refractivity contribution in [2.75, 3.05) is 7.05 Å². The Balaban J connectivity index is 1.86. The summed E-state index contributed by atoms with van der Waals surface area (Å²) in [4.78, 5) is 1.33. The molecule has 1 aromatic carbocycles. The first-order valence-electron chi connectivity index (χ1n) is 6.25. The highest BCUT2D eigenvalue weighted by molar-refractivity contribution is 9.10. The van der Waals surface area contributed by atoms with Crippen LogP contribution in [0.3, 0.4) is 0 Å². The predicted molar refractivity (Wildman–Crippen MR) is 89.3 cm³/mol. The largest absolute Gasteiger partial charge is 0.312 e. The van der Waals surface area contributed by atoms with E-state index >= 15 is 0 Å². The molecule has 2 heterocycles. The first-order valence-corrected chi connectivity index (χ1v) is 8.74. The van der Waals surface area contributed by atoms with Gasteiger partial charge in [0.15, 0.2) is 0 Å². The molecule has 1 N–H and O–H groups in total. The van der Waals surface area contributed by atoms with E-state index in [9.17, 15) is 4.39 Å². The van der Waals surface area contributed by atoms with Gasteiger partial charge in [0.25, 0.3) is 0 Å². The van der Waals surface area contributed by atoms with E-state index in [0.717, 1.165) is 12.0 Å². The van der Waals surface area contributed by atoms with Gasteiger partial charge < -0.3 is 5.32 Å². The zero-order valence-corrected chi connectivity index (χ0v) is 14.0. The van der Waals surface area contributed by atoms with E-state index in [1.165, 1.54) is 20.3 Å². The Labute approximate surface area is 133 Å². The Hall–Kier alpha value is -0.750. The summed E-state index contributed by atoms with van der Waals surface area (Å²) < 4.78 is 16.5. The number of halogens is 2. The van der Waals surface area contributed by atoms with Crippen LogP contribution >= 0.6 is 38.6 Å². The molecule has 0 amide bonds. The number of benzene rings is 1. The number of hydrogen-bond acceptors (Lipinski definition) is 3. The Kier molecular flexibility index (Phi) is 4.21. The normalized spacial score (nSPS) is 12.9. The average molecular weight is 370 g/mol. The molecule has 20 heavy (non-hydrogen) atoms. The zero-order chi connectivity index (χ0) is 14.1. The fourth-order valence-corrected chi connectivity index (χ4v) is 4.86. The molecule has 0 saturated heterocycles. The van der Waals surface area contributed by atoms with Crippen molar-refractivity contribution in [1.29, 1.82) is 0 Å². The van der Waals surface area contributed by atoms with Crippen molar-refractivity contribution in [3.8, 4) is 0 Å². The summed E-state index contributed by atoms with van der Waals surface area (Å²) in [5, 5.41) is 5.48. The van der Waals surface area contributed by atoms with Crippen LogP contribution in [0.1, 0.15) is 16.5 Å². The fraction of sp³-hybridized carbons (Fsp3) is 0.200. The Morgan fingerprint density at radius 3 is 2.80 bits per heavy atom. The van der Waals surface area contributed by atoms with E-state index in [1.54, 1.807) is 11.3 Å². The summed E-state index contributed by atoms with van der Waals surface area (Å²) in [5.41, 5.74) is 1.12. The van der Waals surface area contributed by atoms with Crippen LogP contribution in [-0.4, -0.2) is 7.05 Å². The number of likely N-dealkylation sites (N-methyl/N-ethyl adjacent to an activating group) is 1. The highest BCUT2D eigenvalue weighted by atomic mass is 79.9. The minimum absolute atomic E-state index is 0.216. The first kappa shape index (κ1) is 14.2. The summed E-state index contributed by atoms with van der Waals surface area (Å²) in [7, 11) is 1.97. The Morgan fingerprint density at radius 1 is 1.25 bits per heavy atom. The van der Waals surface area contributed by atoms with E-state index < -0.39 is 0 Å². The highest BCUT2D eigenvalue weighted by Gasteiger charge is 2.14. The second-order valence-electron chi connectivity index (χ2n) is 4.59. The summed E-state index contributed by atoms with van der Waals surface area (Å²) in [6.45, 7) is 0. The molecular formula is C15H13BrFNS2. The average Bonchev–Trinajstić information content (AvgIpc) is 3.01. The third kappa shape index (κ3) is 2.81. The summed E-state index contributed by atoms with van der Waals surface area (Å²) in [6, 6.07) is 9.89. The van der Waals surface area contributed by atoms with Gasteiger partial charge in [0.1, 0.15) is 5.82 Å².